The van der Waals surface area contributed by atoms with E-state index in [9.17, 15) is 34.1 Å². The zero-order valence-electron chi connectivity index (χ0n) is 20.4. The van der Waals surface area contributed by atoms with Gasteiger partial charge in [-0.05, 0) is 12.8 Å². The summed E-state index contributed by atoms with van der Waals surface area (Å²) >= 11 is 0. The van der Waals surface area contributed by atoms with Crippen molar-refractivity contribution < 1.29 is 47.8 Å². The fourth-order valence-electron chi connectivity index (χ4n) is 2.90. The van der Waals surface area contributed by atoms with Crippen LogP contribution < -0.4 is 5.32 Å². The van der Waals surface area contributed by atoms with Crippen molar-refractivity contribution in [2.75, 3.05) is 19.8 Å². The zero-order valence-corrected chi connectivity index (χ0v) is 21.3. The Morgan fingerprint density at radius 3 is 1.97 bits per heavy atom. The summed E-state index contributed by atoms with van der Waals surface area (Å²) in [6.45, 7) is 2.26. The number of aliphatic hydroxyl groups excluding tert-OH is 1. The Morgan fingerprint density at radius 2 is 1.35 bits per heavy atom. The average Bonchev–Trinajstić information content (AvgIpc) is 2.79. The van der Waals surface area contributed by atoms with Gasteiger partial charge in [0.05, 0.1) is 13.2 Å². The van der Waals surface area contributed by atoms with Gasteiger partial charge in [0.2, 0.25) is 5.91 Å². The highest BCUT2D eigenvalue weighted by molar-refractivity contribution is 7.47. The van der Waals surface area contributed by atoms with Crippen LogP contribution in [0, 0.1) is 0 Å². The van der Waals surface area contributed by atoms with Gasteiger partial charge in [-0.1, -0.05) is 65.2 Å². The minimum Gasteiger partial charge on any atom is -0.480 e. The van der Waals surface area contributed by atoms with Crippen LogP contribution in [0.15, 0.2) is 0 Å². The van der Waals surface area contributed by atoms with E-state index in [1.54, 1.807) is 0 Å². The smallest absolute Gasteiger partial charge is 0.472 e. The zero-order chi connectivity index (χ0) is 25.8. The van der Waals surface area contributed by atoms with Crippen molar-refractivity contribution in [1.29, 1.82) is 0 Å². The number of carbonyl (C=O) groups is 3. The van der Waals surface area contributed by atoms with Crippen LogP contribution in [0.2, 0.25) is 0 Å². The van der Waals surface area contributed by atoms with Gasteiger partial charge < -0.3 is 25.2 Å². The molecule has 3 unspecified atom stereocenters. The summed E-state index contributed by atoms with van der Waals surface area (Å²) < 4.78 is 26.1. The van der Waals surface area contributed by atoms with Crippen molar-refractivity contribution in [3.8, 4) is 0 Å². The third-order valence-corrected chi connectivity index (χ3v) is 5.85. The highest BCUT2D eigenvalue weighted by atomic mass is 31.2. The van der Waals surface area contributed by atoms with Gasteiger partial charge in [-0.15, -0.1) is 0 Å². The number of carbonyl (C=O) groups excluding carboxylic acids is 2. The molecule has 34 heavy (non-hydrogen) atoms. The van der Waals surface area contributed by atoms with Crippen LogP contribution in [-0.4, -0.2) is 64.9 Å². The van der Waals surface area contributed by atoms with Crippen LogP contribution in [0.25, 0.3) is 0 Å². The van der Waals surface area contributed by atoms with E-state index in [-0.39, 0.29) is 12.8 Å². The normalized spacial score (nSPS) is 14.7. The lowest BCUT2D eigenvalue weighted by Gasteiger charge is -2.18. The minimum atomic E-state index is -4.71. The monoisotopic (exact) mass is 511 g/mol. The standard InChI is InChI=1S/C22H42NO10P/c1-3-5-7-9-10-12-14-21(26)31-15-18(24)16-32-34(29,30)33-17-19(22(27)28)23-20(25)13-11-8-6-4-2/h18-19,24H,3-17H2,1-2H3,(H,23,25)(H,27,28)(H,29,30). The number of phosphoric acid groups is 1. The fourth-order valence-corrected chi connectivity index (χ4v) is 3.67. The van der Waals surface area contributed by atoms with Gasteiger partial charge in [-0.3, -0.25) is 18.6 Å². The van der Waals surface area contributed by atoms with Crippen molar-refractivity contribution in [1.82, 2.24) is 5.32 Å². The number of carboxylic acids is 1. The van der Waals surface area contributed by atoms with Crippen LogP contribution in [0.4, 0.5) is 0 Å². The average molecular weight is 512 g/mol. The number of hydrogen-bond acceptors (Lipinski definition) is 8. The molecule has 0 fully saturated rings. The Bertz CT molecular complexity index is 631. The Hall–Kier alpha value is -1.52. The van der Waals surface area contributed by atoms with E-state index in [1.165, 1.54) is 6.42 Å². The van der Waals surface area contributed by atoms with Crippen LogP contribution in [-0.2, 0) is 32.7 Å². The number of amides is 1. The molecule has 0 saturated heterocycles. The molecule has 11 nitrogen and oxygen atoms in total. The molecule has 0 radical (unpaired) electrons. The van der Waals surface area contributed by atoms with Gasteiger partial charge in [0.25, 0.3) is 0 Å². The van der Waals surface area contributed by atoms with Crippen LogP contribution in [0.5, 0.6) is 0 Å². The van der Waals surface area contributed by atoms with Crippen molar-refractivity contribution in [2.24, 2.45) is 0 Å². The van der Waals surface area contributed by atoms with E-state index in [0.29, 0.717) is 12.8 Å². The molecule has 3 atom stereocenters. The number of hydrogen-bond donors (Lipinski definition) is 4. The number of ether oxygens (including phenoxy) is 1. The van der Waals surface area contributed by atoms with Gasteiger partial charge in [0.1, 0.15) is 12.7 Å². The molecule has 12 heteroatoms. The highest BCUT2D eigenvalue weighted by Gasteiger charge is 2.28. The topological polar surface area (TPSA) is 169 Å². The van der Waals surface area contributed by atoms with E-state index < -0.39 is 57.6 Å². The van der Waals surface area contributed by atoms with Gasteiger partial charge in [-0.2, -0.15) is 0 Å². The maximum absolute atomic E-state index is 11.9. The minimum absolute atomic E-state index is 0.140. The SMILES string of the molecule is CCCCCCCCC(=O)OCC(O)COP(=O)(O)OCC(NC(=O)CCCCCC)C(=O)O. The van der Waals surface area contributed by atoms with E-state index in [1.807, 2.05) is 6.92 Å². The summed E-state index contributed by atoms with van der Waals surface area (Å²) in [7, 11) is -4.71. The van der Waals surface area contributed by atoms with Gasteiger partial charge in [0.15, 0.2) is 6.04 Å². The number of rotatable bonds is 22. The van der Waals surface area contributed by atoms with E-state index in [4.69, 9.17) is 4.74 Å². The number of nitrogens with one attached hydrogen (secondary N) is 1. The van der Waals surface area contributed by atoms with Gasteiger partial charge in [-0.25, -0.2) is 9.36 Å². The van der Waals surface area contributed by atoms with Crippen LogP contribution >= 0.6 is 7.82 Å². The molecule has 0 aromatic carbocycles. The maximum Gasteiger partial charge on any atom is 0.472 e. The summed E-state index contributed by atoms with van der Waals surface area (Å²) in [5.41, 5.74) is 0. The molecule has 0 spiro atoms. The lowest BCUT2D eigenvalue weighted by atomic mass is 10.1. The first-order chi connectivity index (χ1) is 16.1. The summed E-state index contributed by atoms with van der Waals surface area (Å²) in [5, 5.41) is 21.2. The first kappa shape index (κ1) is 32.5. The second-order valence-corrected chi connectivity index (χ2v) is 9.64. The van der Waals surface area contributed by atoms with Crippen molar-refractivity contribution >= 4 is 25.7 Å². The second kappa shape index (κ2) is 19.8. The highest BCUT2D eigenvalue weighted by Crippen LogP contribution is 2.43. The Labute approximate surface area is 202 Å². The molecular weight excluding hydrogens is 469 g/mol. The predicted octanol–water partition coefficient (Wildman–Crippen LogP) is 3.31. The first-order valence-corrected chi connectivity index (χ1v) is 13.6. The third kappa shape index (κ3) is 18.9. The summed E-state index contributed by atoms with van der Waals surface area (Å²) in [5.74, 6) is -2.41. The fraction of sp³-hybridized carbons (Fsp3) is 0.864. The van der Waals surface area contributed by atoms with Gasteiger partial charge >= 0.3 is 19.8 Å². The summed E-state index contributed by atoms with van der Waals surface area (Å²) in [6.07, 6.45) is 8.51. The molecule has 0 aromatic heterocycles. The molecule has 0 aliphatic heterocycles. The molecule has 0 rings (SSSR count). The van der Waals surface area contributed by atoms with Gasteiger partial charge in [0, 0.05) is 12.8 Å². The van der Waals surface area contributed by atoms with Crippen LogP contribution in [0.1, 0.15) is 90.9 Å². The first-order valence-electron chi connectivity index (χ1n) is 12.1. The van der Waals surface area contributed by atoms with Crippen molar-refractivity contribution in [3.63, 3.8) is 0 Å². The Balaban J connectivity index is 4.18. The van der Waals surface area contributed by atoms with E-state index in [0.717, 1.165) is 44.9 Å². The Kier molecular flexibility index (Phi) is 18.9. The molecular formula is C22H42NO10P. The summed E-state index contributed by atoms with van der Waals surface area (Å²) in [4.78, 5) is 44.5. The molecule has 0 saturated carbocycles. The molecule has 0 aliphatic rings. The maximum atomic E-state index is 11.9. The predicted molar refractivity (Wildman–Crippen MR) is 125 cm³/mol. The molecule has 1 amide bonds. The van der Waals surface area contributed by atoms with Crippen LogP contribution in [0.3, 0.4) is 0 Å². The quantitative estimate of drug-likeness (QED) is 0.0961. The van der Waals surface area contributed by atoms with E-state index in [2.05, 4.69) is 21.3 Å². The molecule has 200 valence electrons. The lowest BCUT2D eigenvalue weighted by molar-refractivity contribution is -0.147. The number of esters is 1. The van der Waals surface area contributed by atoms with Crippen molar-refractivity contribution in [2.45, 2.75) is 103 Å². The third-order valence-electron chi connectivity index (χ3n) is 4.90. The number of aliphatic hydroxyl groups is 1. The summed E-state index contributed by atoms with van der Waals surface area (Å²) in [6, 6.07) is -1.53. The number of carboxylic acid groups (broad SMARTS) is 1. The largest absolute Gasteiger partial charge is 0.480 e. The molecule has 4 N–H and O–H groups in total. The number of aliphatic carboxylic acids is 1. The molecule has 0 bridgehead atoms. The molecule has 0 heterocycles. The van der Waals surface area contributed by atoms with Crippen molar-refractivity contribution in [3.05, 3.63) is 0 Å². The Morgan fingerprint density at radius 1 is 0.824 bits per heavy atom. The van der Waals surface area contributed by atoms with E-state index >= 15 is 0 Å². The lowest BCUT2D eigenvalue weighted by Crippen LogP contribution is -2.43. The molecule has 0 aliphatic carbocycles. The number of unbranched alkanes of at least 4 members (excludes halogenated alkanes) is 8. The number of phosphoric ester groups is 1. The molecule has 0 aromatic rings. The second-order valence-electron chi connectivity index (χ2n) is 8.18.